The highest BCUT2D eigenvalue weighted by atomic mass is 79.9. The summed E-state index contributed by atoms with van der Waals surface area (Å²) >= 11 is 3.35. The van der Waals surface area contributed by atoms with Gasteiger partial charge in [0, 0.05) is 23.1 Å². The highest BCUT2D eigenvalue weighted by Crippen LogP contribution is 2.11. The van der Waals surface area contributed by atoms with E-state index in [4.69, 9.17) is 0 Å². The van der Waals surface area contributed by atoms with Crippen molar-refractivity contribution < 1.29 is 4.79 Å². The second-order valence-electron chi connectivity index (χ2n) is 3.91. The molecule has 0 radical (unpaired) electrons. The first-order valence-electron chi connectivity index (χ1n) is 5.24. The Morgan fingerprint density at radius 1 is 1.44 bits per heavy atom. The molecule has 3 nitrogen and oxygen atoms in total. The van der Waals surface area contributed by atoms with E-state index in [0.717, 1.165) is 23.1 Å². The van der Waals surface area contributed by atoms with Crippen LogP contribution in [-0.4, -0.2) is 44.4 Å². The lowest BCUT2D eigenvalue weighted by atomic mass is 10.1. The first-order chi connectivity index (χ1) is 7.59. The molecule has 0 aliphatic carbocycles. The fraction of sp³-hybridized carbons (Fsp3) is 0.417. The van der Waals surface area contributed by atoms with Gasteiger partial charge < -0.3 is 10.2 Å². The molecular weight excluding hydrogens is 268 g/mol. The van der Waals surface area contributed by atoms with Crippen molar-refractivity contribution in [2.45, 2.75) is 0 Å². The average Bonchev–Trinajstić information content (AvgIpc) is 2.24. The number of benzene rings is 1. The Hall–Kier alpha value is -0.710. The number of ketones is 1. The highest BCUT2D eigenvalue weighted by Gasteiger charge is 2.04. The van der Waals surface area contributed by atoms with E-state index in [-0.39, 0.29) is 5.78 Å². The van der Waals surface area contributed by atoms with Crippen molar-refractivity contribution >= 4 is 21.7 Å². The Morgan fingerprint density at radius 2 is 2.19 bits per heavy atom. The number of rotatable bonds is 6. The summed E-state index contributed by atoms with van der Waals surface area (Å²) < 4.78 is 0.937. The van der Waals surface area contributed by atoms with Crippen LogP contribution < -0.4 is 5.32 Å². The predicted molar refractivity (Wildman–Crippen MR) is 69.9 cm³/mol. The minimum atomic E-state index is 0.125. The van der Waals surface area contributed by atoms with Crippen molar-refractivity contribution in [3.63, 3.8) is 0 Å². The molecule has 88 valence electrons. The summed E-state index contributed by atoms with van der Waals surface area (Å²) in [6, 6.07) is 7.46. The zero-order chi connectivity index (χ0) is 12.0. The van der Waals surface area contributed by atoms with E-state index in [2.05, 4.69) is 26.1 Å². The molecule has 4 heteroatoms. The molecule has 0 amide bonds. The minimum absolute atomic E-state index is 0.125. The van der Waals surface area contributed by atoms with Gasteiger partial charge in [-0.15, -0.1) is 0 Å². The number of nitrogens with one attached hydrogen (secondary N) is 1. The van der Waals surface area contributed by atoms with E-state index < -0.39 is 0 Å². The van der Waals surface area contributed by atoms with Crippen molar-refractivity contribution in [2.75, 3.05) is 33.7 Å². The number of carbonyl (C=O) groups excluding carboxylic acids is 1. The third-order valence-electron chi connectivity index (χ3n) is 2.17. The van der Waals surface area contributed by atoms with E-state index in [1.807, 2.05) is 38.4 Å². The number of halogens is 1. The van der Waals surface area contributed by atoms with Gasteiger partial charge in [0.1, 0.15) is 0 Å². The van der Waals surface area contributed by atoms with Crippen molar-refractivity contribution in [3.8, 4) is 0 Å². The first-order valence-corrected chi connectivity index (χ1v) is 6.03. The molecule has 0 fully saturated rings. The zero-order valence-electron chi connectivity index (χ0n) is 9.66. The molecule has 0 aliphatic heterocycles. The van der Waals surface area contributed by atoms with Gasteiger partial charge in [-0.1, -0.05) is 28.1 Å². The fourth-order valence-electron chi connectivity index (χ4n) is 1.27. The number of nitrogens with zero attached hydrogens (tertiary/aromatic N) is 1. The second-order valence-corrected chi connectivity index (χ2v) is 4.83. The zero-order valence-corrected chi connectivity index (χ0v) is 11.3. The Labute approximate surface area is 105 Å². The molecule has 16 heavy (non-hydrogen) atoms. The van der Waals surface area contributed by atoms with Gasteiger partial charge in [-0.05, 0) is 26.2 Å². The van der Waals surface area contributed by atoms with Crippen LogP contribution in [0, 0.1) is 0 Å². The molecular formula is C12H17BrN2O. The lowest BCUT2D eigenvalue weighted by molar-refractivity contribution is 0.0990. The van der Waals surface area contributed by atoms with Gasteiger partial charge in [-0.3, -0.25) is 4.79 Å². The van der Waals surface area contributed by atoms with Crippen LogP contribution >= 0.6 is 15.9 Å². The average molecular weight is 285 g/mol. The van der Waals surface area contributed by atoms with Crippen LogP contribution in [0.4, 0.5) is 0 Å². The van der Waals surface area contributed by atoms with Crippen LogP contribution in [0.3, 0.4) is 0 Å². The topological polar surface area (TPSA) is 32.3 Å². The third kappa shape index (κ3) is 4.88. The summed E-state index contributed by atoms with van der Waals surface area (Å²) in [5, 5.41) is 3.13. The predicted octanol–water partition coefficient (Wildman–Crippen LogP) is 1.78. The number of Topliss-reactive ketones (excluding diaryl/α,β-unsaturated/α-hetero) is 1. The maximum Gasteiger partial charge on any atom is 0.176 e. The molecule has 0 atom stereocenters. The van der Waals surface area contributed by atoms with Gasteiger partial charge in [0.25, 0.3) is 0 Å². The van der Waals surface area contributed by atoms with Crippen LogP contribution in [0.15, 0.2) is 28.7 Å². The van der Waals surface area contributed by atoms with Gasteiger partial charge in [-0.2, -0.15) is 0 Å². The van der Waals surface area contributed by atoms with Crippen molar-refractivity contribution in [3.05, 3.63) is 34.3 Å². The molecule has 0 bridgehead atoms. The summed E-state index contributed by atoms with van der Waals surface area (Å²) in [5.41, 5.74) is 0.742. The molecule has 1 aromatic carbocycles. The van der Waals surface area contributed by atoms with E-state index in [1.165, 1.54) is 0 Å². The third-order valence-corrected chi connectivity index (χ3v) is 2.66. The van der Waals surface area contributed by atoms with Crippen LogP contribution in [-0.2, 0) is 0 Å². The molecule has 0 heterocycles. The smallest absolute Gasteiger partial charge is 0.176 e. The summed E-state index contributed by atoms with van der Waals surface area (Å²) in [6.07, 6.45) is 0. The molecule has 1 N–H and O–H groups in total. The quantitative estimate of drug-likeness (QED) is 0.639. The van der Waals surface area contributed by atoms with Crippen LogP contribution in [0.2, 0.25) is 0 Å². The van der Waals surface area contributed by atoms with Gasteiger partial charge in [0.15, 0.2) is 5.78 Å². The lowest BCUT2D eigenvalue weighted by Gasteiger charge is -2.09. The van der Waals surface area contributed by atoms with Gasteiger partial charge in [-0.25, -0.2) is 0 Å². The molecule has 0 aromatic heterocycles. The molecule has 1 aromatic rings. The van der Waals surface area contributed by atoms with Crippen LogP contribution in [0.1, 0.15) is 10.4 Å². The molecule has 0 saturated carbocycles. The monoisotopic (exact) mass is 284 g/mol. The van der Waals surface area contributed by atoms with Crippen LogP contribution in [0.25, 0.3) is 0 Å². The standard InChI is InChI=1S/C12H17BrN2O/c1-15(2)7-6-14-9-12(16)10-4-3-5-11(13)8-10/h3-5,8,14H,6-7,9H2,1-2H3. The molecule has 0 unspecified atom stereocenters. The van der Waals surface area contributed by atoms with E-state index in [1.54, 1.807) is 0 Å². The van der Waals surface area contributed by atoms with E-state index in [0.29, 0.717) is 6.54 Å². The summed E-state index contributed by atoms with van der Waals surface area (Å²) in [5.74, 6) is 0.125. The van der Waals surface area contributed by atoms with Gasteiger partial charge in [0.2, 0.25) is 0 Å². The Bertz CT molecular complexity index is 353. The summed E-state index contributed by atoms with van der Waals surface area (Å²) in [4.78, 5) is 13.8. The summed E-state index contributed by atoms with van der Waals surface area (Å²) in [6.45, 7) is 2.16. The van der Waals surface area contributed by atoms with Crippen molar-refractivity contribution in [1.29, 1.82) is 0 Å². The second kappa shape index (κ2) is 6.78. The molecule has 0 spiro atoms. The number of hydrogen-bond acceptors (Lipinski definition) is 3. The molecule has 1 rings (SSSR count). The number of carbonyl (C=O) groups is 1. The van der Waals surface area contributed by atoms with Crippen LogP contribution in [0.5, 0.6) is 0 Å². The number of hydrogen-bond donors (Lipinski definition) is 1. The lowest BCUT2D eigenvalue weighted by Crippen LogP contribution is -2.30. The van der Waals surface area contributed by atoms with Crippen molar-refractivity contribution in [1.82, 2.24) is 10.2 Å². The molecule has 0 aliphatic rings. The first kappa shape index (κ1) is 13.4. The SMILES string of the molecule is CN(C)CCNCC(=O)c1cccc(Br)c1. The normalized spacial score (nSPS) is 10.8. The maximum atomic E-state index is 11.7. The van der Waals surface area contributed by atoms with E-state index >= 15 is 0 Å². The highest BCUT2D eigenvalue weighted by molar-refractivity contribution is 9.10. The molecule has 0 saturated heterocycles. The summed E-state index contributed by atoms with van der Waals surface area (Å²) in [7, 11) is 4.02. The maximum absolute atomic E-state index is 11.7. The van der Waals surface area contributed by atoms with E-state index in [9.17, 15) is 4.79 Å². The van der Waals surface area contributed by atoms with Crippen molar-refractivity contribution in [2.24, 2.45) is 0 Å². The number of likely N-dealkylation sites (N-methyl/N-ethyl adjacent to an activating group) is 1. The van der Waals surface area contributed by atoms with Gasteiger partial charge >= 0.3 is 0 Å². The Morgan fingerprint density at radius 3 is 2.81 bits per heavy atom. The largest absolute Gasteiger partial charge is 0.308 e. The Kier molecular flexibility index (Phi) is 5.66. The minimum Gasteiger partial charge on any atom is -0.308 e. The van der Waals surface area contributed by atoms with Gasteiger partial charge in [0.05, 0.1) is 6.54 Å². The fourth-order valence-corrected chi connectivity index (χ4v) is 1.67. The Balaban J connectivity index is 2.35.